The van der Waals surface area contributed by atoms with Crippen molar-refractivity contribution in [2.75, 3.05) is 11.9 Å². The maximum Gasteiger partial charge on any atom is 0.331 e. The zero-order valence-corrected chi connectivity index (χ0v) is 17.8. The number of benzene rings is 2. The number of carbonyl (C=O) groups excluding carboxylic acids is 2. The molecule has 0 radical (unpaired) electrons. The van der Waals surface area contributed by atoms with Gasteiger partial charge in [-0.1, -0.05) is 42.5 Å². The van der Waals surface area contributed by atoms with Crippen LogP contribution in [-0.4, -0.2) is 33.2 Å². The minimum atomic E-state index is -0.622. The lowest BCUT2D eigenvalue weighted by atomic mass is 10.2. The Morgan fingerprint density at radius 1 is 1.00 bits per heavy atom. The van der Waals surface area contributed by atoms with Crippen molar-refractivity contribution in [3.63, 3.8) is 0 Å². The lowest BCUT2D eigenvalue weighted by Gasteiger charge is -2.07. The molecule has 0 atom stereocenters. The van der Waals surface area contributed by atoms with E-state index in [9.17, 15) is 9.59 Å². The van der Waals surface area contributed by atoms with E-state index in [1.807, 2.05) is 80.6 Å². The first-order valence-electron chi connectivity index (χ1n) is 10.1. The molecule has 2 aromatic heterocycles. The Kier molecular flexibility index (Phi) is 6.07. The maximum absolute atomic E-state index is 12.3. The van der Waals surface area contributed by atoms with Crippen LogP contribution in [0.4, 0.5) is 5.69 Å². The maximum atomic E-state index is 12.3. The van der Waals surface area contributed by atoms with Crippen molar-refractivity contribution in [2.24, 2.45) is 0 Å². The summed E-state index contributed by atoms with van der Waals surface area (Å²) in [5, 5.41) is 8.29. The van der Waals surface area contributed by atoms with Crippen molar-refractivity contribution in [1.82, 2.24) is 14.8 Å². The number of amides is 1. The molecule has 2 aromatic carbocycles. The van der Waals surface area contributed by atoms with E-state index in [-0.39, 0.29) is 0 Å². The second-order valence-electron chi connectivity index (χ2n) is 7.21. The van der Waals surface area contributed by atoms with Gasteiger partial charge in [-0.2, -0.15) is 5.10 Å². The Balaban J connectivity index is 1.35. The topological polar surface area (TPSA) is 86.1 Å². The van der Waals surface area contributed by atoms with Gasteiger partial charge in [-0.25, -0.2) is 14.5 Å². The van der Waals surface area contributed by atoms with Crippen LogP contribution in [0.2, 0.25) is 0 Å². The molecular formula is C25H22N4O3. The predicted molar refractivity (Wildman–Crippen MR) is 123 cm³/mol. The van der Waals surface area contributed by atoms with Gasteiger partial charge in [0.25, 0.3) is 5.91 Å². The average Bonchev–Trinajstić information content (AvgIpc) is 3.10. The zero-order valence-electron chi connectivity index (χ0n) is 17.8. The molecule has 1 N–H and O–H groups in total. The summed E-state index contributed by atoms with van der Waals surface area (Å²) in [5.74, 6) is -1.06. The number of hydrogen-bond acceptors (Lipinski definition) is 5. The van der Waals surface area contributed by atoms with Gasteiger partial charge in [0.1, 0.15) is 0 Å². The van der Waals surface area contributed by atoms with Crippen LogP contribution in [0.15, 0.2) is 72.8 Å². The van der Waals surface area contributed by atoms with Gasteiger partial charge in [-0.05, 0) is 44.2 Å². The number of pyridine rings is 1. The second kappa shape index (κ2) is 9.26. The number of fused-ring (bicyclic) bond motifs is 1. The van der Waals surface area contributed by atoms with E-state index < -0.39 is 18.5 Å². The lowest BCUT2D eigenvalue weighted by molar-refractivity contribution is -0.142. The van der Waals surface area contributed by atoms with Gasteiger partial charge in [0, 0.05) is 11.5 Å². The number of aromatic nitrogens is 3. The van der Waals surface area contributed by atoms with Crippen LogP contribution >= 0.6 is 0 Å². The van der Waals surface area contributed by atoms with Gasteiger partial charge in [-0.15, -0.1) is 0 Å². The highest BCUT2D eigenvalue weighted by atomic mass is 16.5. The first kappa shape index (κ1) is 21.0. The van der Waals surface area contributed by atoms with Gasteiger partial charge < -0.3 is 10.1 Å². The summed E-state index contributed by atoms with van der Waals surface area (Å²) in [6, 6.07) is 21.1. The highest BCUT2D eigenvalue weighted by Gasteiger charge is 2.16. The van der Waals surface area contributed by atoms with E-state index >= 15 is 0 Å². The Morgan fingerprint density at radius 2 is 1.75 bits per heavy atom. The summed E-state index contributed by atoms with van der Waals surface area (Å²) < 4.78 is 6.82. The molecule has 4 aromatic rings. The van der Waals surface area contributed by atoms with Crippen LogP contribution in [-0.2, 0) is 14.3 Å². The van der Waals surface area contributed by atoms with Gasteiger partial charge in [0.15, 0.2) is 6.61 Å². The predicted octanol–water partition coefficient (Wildman–Crippen LogP) is 4.23. The third-order valence-corrected chi connectivity index (χ3v) is 4.91. The molecule has 0 saturated heterocycles. The monoisotopic (exact) mass is 426 g/mol. The van der Waals surface area contributed by atoms with Crippen molar-refractivity contribution >= 4 is 34.5 Å². The molecule has 7 nitrogen and oxygen atoms in total. The van der Waals surface area contributed by atoms with E-state index in [0.717, 1.165) is 22.3 Å². The third-order valence-electron chi connectivity index (χ3n) is 4.91. The molecule has 0 fully saturated rings. The number of carbonyl (C=O) groups is 2. The van der Waals surface area contributed by atoms with Crippen LogP contribution < -0.4 is 5.32 Å². The standard InChI is InChI=1S/C25H22N4O3/c1-17-25(18(2)29(28-17)21-9-4-3-5-10-21)27-23(30)16-32-24(31)15-14-20-13-12-19-8-6-7-11-22(19)26-20/h3-15H,16H2,1-2H3,(H,27,30). The molecule has 2 heterocycles. The molecule has 0 spiro atoms. The SMILES string of the molecule is Cc1nn(-c2ccccc2)c(C)c1NC(=O)COC(=O)C=Cc1ccc2ccccc2n1. The molecule has 160 valence electrons. The van der Waals surface area contributed by atoms with Gasteiger partial charge in [0.2, 0.25) is 0 Å². The van der Waals surface area contributed by atoms with Crippen molar-refractivity contribution < 1.29 is 14.3 Å². The number of hydrogen-bond donors (Lipinski definition) is 1. The molecule has 0 aliphatic rings. The molecule has 0 bridgehead atoms. The van der Waals surface area contributed by atoms with Crippen molar-refractivity contribution in [2.45, 2.75) is 13.8 Å². The Labute approximate surface area is 185 Å². The first-order chi connectivity index (χ1) is 15.5. The van der Waals surface area contributed by atoms with Gasteiger partial charge >= 0.3 is 5.97 Å². The summed E-state index contributed by atoms with van der Waals surface area (Å²) in [5.41, 5.74) is 4.43. The number of anilines is 1. The Morgan fingerprint density at radius 3 is 2.56 bits per heavy atom. The molecular weight excluding hydrogens is 404 g/mol. The largest absolute Gasteiger partial charge is 0.452 e. The number of nitrogens with one attached hydrogen (secondary N) is 1. The van der Waals surface area contributed by atoms with Crippen LogP contribution in [0.25, 0.3) is 22.7 Å². The zero-order chi connectivity index (χ0) is 22.5. The molecule has 0 aliphatic carbocycles. The van der Waals surface area contributed by atoms with E-state index in [0.29, 0.717) is 17.1 Å². The van der Waals surface area contributed by atoms with Gasteiger partial charge in [-0.3, -0.25) is 4.79 Å². The summed E-state index contributed by atoms with van der Waals surface area (Å²) in [6.45, 7) is 3.28. The molecule has 0 saturated carbocycles. The first-order valence-corrected chi connectivity index (χ1v) is 10.1. The Hall–Kier alpha value is -4.26. The fraction of sp³-hybridized carbons (Fsp3) is 0.120. The Bertz CT molecular complexity index is 1310. The lowest BCUT2D eigenvalue weighted by Crippen LogP contribution is -2.20. The molecule has 32 heavy (non-hydrogen) atoms. The molecule has 7 heteroatoms. The number of esters is 1. The van der Waals surface area contributed by atoms with Crippen LogP contribution in [0.3, 0.4) is 0 Å². The number of para-hydroxylation sites is 2. The minimum absolute atomic E-state index is 0.399. The number of ether oxygens (including phenoxy) is 1. The summed E-state index contributed by atoms with van der Waals surface area (Å²) >= 11 is 0. The van der Waals surface area contributed by atoms with Gasteiger partial charge in [0.05, 0.1) is 34.0 Å². The summed E-state index contributed by atoms with van der Waals surface area (Å²) in [4.78, 5) is 28.8. The number of aryl methyl sites for hydroxylation is 1. The van der Waals surface area contributed by atoms with E-state index in [1.165, 1.54) is 6.08 Å². The number of nitrogens with zero attached hydrogens (tertiary/aromatic N) is 3. The highest BCUT2D eigenvalue weighted by molar-refractivity contribution is 5.95. The molecule has 1 amide bonds. The molecule has 4 rings (SSSR count). The van der Waals surface area contributed by atoms with Crippen LogP contribution in [0.1, 0.15) is 17.1 Å². The summed E-state index contributed by atoms with van der Waals surface area (Å²) in [7, 11) is 0. The van der Waals surface area contributed by atoms with Crippen molar-refractivity contribution in [1.29, 1.82) is 0 Å². The molecule has 0 unspecified atom stereocenters. The molecule has 0 aliphatic heterocycles. The number of rotatable bonds is 6. The van der Waals surface area contributed by atoms with Crippen LogP contribution in [0.5, 0.6) is 0 Å². The normalized spacial score (nSPS) is 11.1. The summed E-state index contributed by atoms with van der Waals surface area (Å²) in [6.07, 6.45) is 2.82. The fourth-order valence-electron chi connectivity index (χ4n) is 3.33. The van der Waals surface area contributed by atoms with E-state index in [1.54, 1.807) is 10.8 Å². The van der Waals surface area contributed by atoms with Crippen molar-refractivity contribution in [3.05, 3.63) is 89.9 Å². The fourth-order valence-corrected chi connectivity index (χ4v) is 3.33. The van der Waals surface area contributed by atoms with E-state index in [4.69, 9.17) is 4.74 Å². The smallest absolute Gasteiger partial charge is 0.331 e. The van der Waals surface area contributed by atoms with E-state index in [2.05, 4.69) is 15.4 Å². The second-order valence-corrected chi connectivity index (χ2v) is 7.21. The van der Waals surface area contributed by atoms with Crippen LogP contribution in [0, 0.1) is 13.8 Å². The highest BCUT2D eigenvalue weighted by Crippen LogP contribution is 2.22. The van der Waals surface area contributed by atoms with Crippen molar-refractivity contribution in [3.8, 4) is 5.69 Å². The quantitative estimate of drug-likeness (QED) is 0.368. The third kappa shape index (κ3) is 4.73. The average molecular weight is 426 g/mol. The minimum Gasteiger partial charge on any atom is -0.452 e.